The molecule has 1 aromatic carbocycles. The largest absolute Gasteiger partial charge is 0.445 e. The summed E-state index contributed by atoms with van der Waals surface area (Å²) in [6.07, 6.45) is -0.383. The average Bonchev–Trinajstić information content (AvgIpc) is 2.57. The molecule has 1 amide bonds. The van der Waals surface area contributed by atoms with Crippen LogP contribution < -0.4 is 4.74 Å². The summed E-state index contributed by atoms with van der Waals surface area (Å²) in [6.45, 7) is 3.60. The van der Waals surface area contributed by atoms with Gasteiger partial charge in [0.05, 0.1) is 5.70 Å². The van der Waals surface area contributed by atoms with Crippen LogP contribution in [0.3, 0.4) is 0 Å². The monoisotopic (exact) mass is 443 g/mol. The number of alkyl halides is 5. The zero-order valence-corrected chi connectivity index (χ0v) is 16.9. The number of Topliss-reactive ketones (excluding diaryl/α,β-unsaturated/α-hetero) is 1. The number of aryl methyl sites for hydroxylation is 1. The fourth-order valence-electron chi connectivity index (χ4n) is 2.09. The third-order valence-corrected chi connectivity index (χ3v) is 3.60. The summed E-state index contributed by atoms with van der Waals surface area (Å²) >= 11 is 16.6. The van der Waals surface area contributed by atoms with E-state index in [1.165, 1.54) is 25.1 Å². The first-order valence-electron chi connectivity index (χ1n) is 7.76. The first kappa shape index (κ1) is 23.5. The maximum atomic E-state index is 12.6. The minimum absolute atomic E-state index is 0.0559. The summed E-state index contributed by atoms with van der Waals surface area (Å²) in [5.74, 6) is -0.638. The molecule has 5 nitrogen and oxygen atoms in total. The molecule has 1 aromatic rings. The Balaban J connectivity index is 2.97. The normalized spacial score (nSPS) is 11.3. The topological polar surface area (TPSA) is 55.8 Å². The first-order chi connectivity index (χ1) is 12.5. The number of ketones is 1. The van der Waals surface area contributed by atoms with E-state index in [0.29, 0.717) is 12.0 Å². The van der Waals surface area contributed by atoms with Gasteiger partial charge in [-0.2, -0.15) is 8.78 Å². The highest BCUT2D eigenvalue weighted by Gasteiger charge is 2.28. The van der Waals surface area contributed by atoms with Gasteiger partial charge in [0, 0.05) is 12.1 Å². The van der Waals surface area contributed by atoms with Crippen molar-refractivity contribution in [2.24, 2.45) is 0 Å². The third kappa shape index (κ3) is 7.52. The second kappa shape index (κ2) is 10.1. The predicted octanol–water partition coefficient (Wildman–Crippen LogP) is 5.51. The molecule has 0 aliphatic heterocycles. The molecule has 0 saturated carbocycles. The van der Waals surface area contributed by atoms with Crippen LogP contribution in [0.4, 0.5) is 13.6 Å². The molecule has 0 bridgehead atoms. The van der Waals surface area contributed by atoms with Crippen molar-refractivity contribution in [3.63, 3.8) is 0 Å². The molecule has 10 heteroatoms. The number of allylic oxidation sites excluding steroid dienone is 1. The number of ether oxygens (including phenoxy) is 2. The summed E-state index contributed by atoms with van der Waals surface area (Å²) < 4.78 is 32.1. The number of amides is 1. The van der Waals surface area contributed by atoms with Gasteiger partial charge in [-0.25, -0.2) is 4.79 Å². The van der Waals surface area contributed by atoms with Crippen LogP contribution >= 0.6 is 34.8 Å². The van der Waals surface area contributed by atoms with Gasteiger partial charge in [0.2, 0.25) is 9.58 Å². The van der Waals surface area contributed by atoms with Crippen LogP contribution in [-0.4, -0.2) is 40.3 Å². The van der Waals surface area contributed by atoms with E-state index in [4.69, 9.17) is 39.5 Å². The summed E-state index contributed by atoms with van der Waals surface area (Å²) in [5, 5.41) is 0. The van der Waals surface area contributed by atoms with Gasteiger partial charge in [-0.1, -0.05) is 48.3 Å². The molecule has 0 N–H and O–H groups in total. The Hall–Kier alpha value is -1.57. The highest BCUT2D eigenvalue weighted by molar-refractivity contribution is 6.67. The highest BCUT2D eigenvalue weighted by atomic mass is 35.6. The van der Waals surface area contributed by atoms with Crippen molar-refractivity contribution in [3.8, 4) is 5.75 Å². The van der Waals surface area contributed by atoms with E-state index >= 15 is 0 Å². The molecule has 150 valence electrons. The number of carbonyl (C=O) groups excluding carboxylic acids is 2. The second-order valence-electron chi connectivity index (χ2n) is 5.46. The predicted molar refractivity (Wildman–Crippen MR) is 99.9 cm³/mol. The Morgan fingerprint density at radius 3 is 2.41 bits per heavy atom. The van der Waals surface area contributed by atoms with Gasteiger partial charge in [-0.15, -0.1) is 0 Å². The molecule has 0 saturated heterocycles. The molecule has 0 aliphatic rings. The molecule has 0 spiro atoms. The fraction of sp³-hybridized carbons (Fsp3) is 0.412. The van der Waals surface area contributed by atoms with Gasteiger partial charge in [0.15, 0.2) is 0 Å². The van der Waals surface area contributed by atoms with Gasteiger partial charge in [-0.3, -0.25) is 9.69 Å². The first-order valence-corrected chi connectivity index (χ1v) is 8.89. The van der Waals surface area contributed by atoms with E-state index in [0.717, 1.165) is 4.90 Å². The van der Waals surface area contributed by atoms with Crippen molar-refractivity contribution in [1.29, 1.82) is 0 Å². The number of rotatable bonds is 8. The van der Waals surface area contributed by atoms with E-state index < -0.39 is 28.9 Å². The zero-order chi connectivity index (χ0) is 20.8. The van der Waals surface area contributed by atoms with Crippen LogP contribution in [0, 0.1) is 6.92 Å². The van der Waals surface area contributed by atoms with Crippen LogP contribution in [0.1, 0.15) is 29.3 Å². The lowest BCUT2D eigenvalue weighted by Crippen LogP contribution is -2.36. The van der Waals surface area contributed by atoms with Crippen molar-refractivity contribution in [2.45, 2.75) is 30.7 Å². The quantitative estimate of drug-likeness (QED) is 0.301. The van der Waals surface area contributed by atoms with Crippen LogP contribution in [0.2, 0.25) is 0 Å². The standard InChI is InChI=1S/C17H18Cl3F2NO4/c1-4-7-23(16(25)26-9-17(18,19)20)11(3)14(24)12-5-6-13(10(2)8-12)27-15(21)22/h5-6,8,15H,3-4,7,9H2,1-2H3. The van der Waals surface area contributed by atoms with Gasteiger partial charge >= 0.3 is 12.7 Å². The molecule has 27 heavy (non-hydrogen) atoms. The van der Waals surface area contributed by atoms with Crippen molar-refractivity contribution in [3.05, 3.63) is 41.6 Å². The highest BCUT2D eigenvalue weighted by Crippen LogP contribution is 2.27. The second-order valence-corrected chi connectivity index (χ2v) is 7.97. The molecule has 1 rings (SSSR count). The van der Waals surface area contributed by atoms with Gasteiger partial charge in [-0.05, 0) is 37.1 Å². The number of hydrogen-bond acceptors (Lipinski definition) is 4. The van der Waals surface area contributed by atoms with Gasteiger partial charge in [0.25, 0.3) is 0 Å². The lowest BCUT2D eigenvalue weighted by Gasteiger charge is -2.24. The maximum absolute atomic E-state index is 12.6. The van der Waals surface area contributed by atoms with Crippen LogP contribution in [0.15, 0.2) is 30.5 Å². The minimum atomic E-state index is -2.98. The van der Waals surface area contributed by atoms with E-state index in [1.54, 1.807) is 6.92 Å². The van der Waals surface area contributed by atoms with E-state index in [1.807, 2.05) is 0 Å². The Kier molecular flexibility index (Phi) is 8.78. The number of halogens is 5. The van der Waals surface area contributed by atoms with Gasteiger partial charge in [0.1, 0.15) is 12.4 Å². The van der Waals surface area contributed by atoms with Crippen molar-refractivity contribution in [1.82, 2.24) is 4.90 Å². The lowest BCUT2D eigenvalue weighted by molar-refractivity contribution is -0.0502. The summed E-state index contributed by atoms with van der Waals surface area (Å²) in [4.78, 5) is 25.9. The van der Waals surface area contributed by atoms with Crippen molar-refractivity contribution >= 4 is 46.7 Å². The summed E-state index contributed by atoms with van der Waals surface area (Å²) in [7, 11) is 0. The molecule has 0 radical (unpaired) electrons. The summed E-state index contributed by atoms with van der Waals surface area (Å²) in [5.41, 5.74) is 0.317. The Morgan fingerprint density at radius 2 is 1.93 bits per heavy atom. The third-order valence-electron chi connectivity index (χ3n) is 3.27. The van der Waals surface area contributed by atoms with Crippen molar-refractivity contribution < 1.29 is 27.8 Å². The molecular weight excluding hydrogens is 427 g/mol. The van der Waals surface area contributed by atoms with Crippen LogP contribution in [-0.2, 0) is 4.74 Å². The molecule has 0 aromatic heterocycles. The van der Waals surface area contributed by atoms with E-state index in [-0.39, 0.29) is 23.6 Å². The lowest BCUT2D eigenvalue weighted by atomic mass is 10.0. The molecule has 0 aliphatic carbocycles. The van der Waals surface area contributed by atoms with Crippen molar-refractivity contribution in [2.75, 3.05) is 13.2 Å². The van der Waals surface area contributed by atoms with Crippen LogP contribution in [0.5, 0.6) is 5.75 Å². The Labute approximate surface area is 170 Å². The Bertz CT molecular complexity index is 708. The summed E-state index contributed by atoms with van der Waals surface area (Å²) in [6, 6.07) is 3.91. The molecule has 0 heterocycles. The molecular formula is C17H18Cl3F2NO4. The number of nitrogens with zero attached hydrogens (tertiary/aromatic N) is 1. The minimum Gasteiger partial charge on any atom is -0.445 e. The maximum Gasteiger partial charge on any atom is 0.414 e. The number of carbonyl (C=O) groups is 2. The SMILES string of the molecule is C=C(C(=O)c1ccc(OC(F)F)c(C)c1)N(CCC)C(=O)OCC(Cl)(Cl)Cl. The molecule has 0 unspecified atom stereocenters. The smallest absolute Gasteiger partial charge is 0.414 e. The number of benzene rings is 1. The zero-order valence-electron chi connectivity index (χ0n) is 14.6. The Morgan fingerprint density at radius 1 is 1.30 bits per heavy atom. The van der Waals surface area contributed by atoms with Gasteiger partial charge < -0.3 is 9.47 Å². The molecule has 0 atom stereocenters. The molecule has 0 fully saturated rings. The fourth-order valence-corrected chi connectivity index (χ4v) is 2.25. The van der Waals surface area contributed by atoms with Crippen LogP contribution in [0.25, 0.3) is 0 Å². The van der Waals surface area contributed by atoms with E-state index in [2.05, 4.69) is 11.3 Å². The van der Waals surface area contributed by atoms with E-state index in [9.17, 15) is 18.4 Å². The number of hydrogen-bond donors (Lipinski definition) is 0. The average molecular weight is 445 g/mol.